The number of ether oxygens (including phenoxy) is 1. The molecule has 0 aliphatic rings. The molecular weight excluding hydrogens is 348 g/mol. The molecule has 0 atom stereocenters. The molecule has 0 saturated heterocycles. The van der Waals surface area contributed by atoms with Crippen molar-refractivity contribution in [3.8, 4) is 11.3 Å². The van der Waals surface area contributed by atoms with Gasteiger partial charge in [-0.1, -0.05) is 48.0 Å². The summed E-state index contributed by atoms with van der Waals surface area (Å²) < 4.78 is 6.70. The fourth-order valence-electron chi connectivity index (χ4n) is 2.66. The zero-order valence-electron chi connectivity index (χ0n) is 14.6. The summed E-state index contributed by atoms with van der Waals surface area (Å²) in [5.41, 5.74) is 5.21. The van der Waals surface area contributed by atoms with E-state index in [-0.39, 0.29) is 5.97 Å². The normalized spacial score (nSPS) is 11.0. The summed E-state index contributed by atoms with van der Waals surface area (Å²) in [6, 6.07) is 15.7. The van der Waals surface area contributed by atoms with Gasteiger partial charge in [-0.2, -0.15) is 0 Å². The first-order valence-corrected chi connectivity index (χ1v) is 8.57. The Kier molecular flexibility index (Phi) is 5.54. The summed E-state index contributed by atoms with van der Waals surface area (Å²) in [5.74, 6) is -0.363. The van der Waals surface area contributed by atoms with Gasteiger partial charge in [-0.05, 0) is 36.3 Å². The molecule has 0 bridgehead atoms. The van der Waals surface area contributed by atoms with Crippen LogP contribution < -0.4 is 0 Å². The Balaban J connectivity index is 1.74. The molecule has 0 aliphatic heterocycles. The summed E-state index contributed by atoms with van der Waals surface area (Å²) in [4.78, 5) is 15.7. The van der Waals surface area contributed by atoms with Gasteiger partial charge in [0.25, 0.3) is 0 Å². The molecule has 0 spiro atoms. The number of carbonyl (C=O) groups excluding carboxylic acids is 1. The van der Waals surface area contributed by atoms with E-state index in [1.807, 2.05) is 54.9 Å². The first-order chi connectivity index (χ1) is 12.6. The second kappa shape index (κ2) is 8.02. The molecule has 0 radical (unpaired) electrons. The molecule has 1 heterocycles. The maximum atomic E-state index is 11.1. The SMILES string of the molecule is COC(=O)/C=C/c1ccc(Cn2cnc(-c3ccc(Cl)cc3)c2C)cc1. The molecule has 132 valence electrons. The Morgan fingerprint density at radius 2 is 1.85 bits per heavy atom. The Bertz CT molecular complexity index is 926. The Morgan fingerprint density at radius 3 is 2.50 bits per heavy atom. The summed E-state index contributed by atoms with van der Waals surface area (Å²) in [5, 5.41) is 0.715. The molecule has 0 aliphatic carbocycles. The predicted octanol–water partition coefficient (Wildman–Crippen LogP) is 4.75. The van der Waals surface area contributed by atoms with Crippen LogP contribution in [0.15, 0.2) is 60.9 Å². The number of halogens is 1. The number of rotatable bonds is 5. The predicted molar refractivity (Wildman–Crippen MR) is 104 cm³/mol. The minimum atomic E-state index is -0.363. The Morgan fingerprint density at radius 1 is 1.15 bits per heavy atom. The molecule has 0 fully saturated rings. The minimum Gasteiger partial charge on any atom is -0.466 e. The lowest BCUT2D eigenvalue weighted by atomic mass is 10.1. The summed E-state index contributed by atoms with van der Waals surface area (Å²) >= 11 is 5.96. The smallest absolute Gasteiger partial charge is 0.330 e. The van der Waals surface area contributed by atoms with Crippen molar-refractivity contribution >= 4 is 23.6 Å². The average molecular weight is 367 g/mol. The van der Waals surface area contributed by atoms with Crippen LogP contribution in [0.4, 0.5) is 0 Å². The van der Waals surface area contributed by atoms with E-state index in [0.717, 1.165) is 34.6 Å². The number of imidazole rings is 1. The van der Waals surface area contributed by atoms with Crippen LogP contribution in [0, 0.1) is 6.92 Å². The molecule has 26 heavy (non-hydrogen) atoms. The van der Waals surface area contributed by atoms with Gasteiger partial charge >= 0.3 is 5.97 Å². The maximum absolute atomic E-state index is 11.1. The fourth-order valence-corrected chi connectivity index (χ4v) is 2.78. The van der Waals surface area contributed by atoms with Crippen LogP contribution in [0.1, 0.15) is 16.8 Å². The topological polar surface area (TPSA) is 44.1 Å². The van der Waals surface area contributed by atoms with Crippen molar-refractivity contribution in [2.75, 3.05) is 7.11 Å². The van der Waals surface area contributed by atoms with Gasteiger partial charge in [0.05, 0.1) is 19.1 Å². The second-order valence-corrected chi connectivity index (χ2v) is 6.35. The molecule has 0 amide bonds. The third-order valence-corrected chi connectivity index (χ3v) is 4.42. The number of hydrogen-bond acceptors (Lipinski definition) is 3. The van der Waals surface area contributed by atoms with Crippen molar-refractivity contribution in [1.82, 2.24) is 9.55 Å². The van der Waals surface area contributed by atoms with Gasteiger partial charge in [0.15, 0.2) is 0 Å². The third kappa shape index (κ3) is 4.21. The van der Waals surface area contributed by atoms with Crippen molar-refractivity contribution in [3.05, 3.63) is 82.8 Å². The van der Waals surface area contributed by atoms with Gasteiger partial charge in [-0.3, -0.25) is 0 Å². The first-order valence-electron chi connectivity index (χ1n) is 8.19. The molecule has 0 unspecified atom stereocenters. The highest BCUT2D eigenvalue weighted by Gasteiger charge is 2.09. The van der Waals surface area contributed by atoms with Crippen LogP contribution in [0.3, 0.4) is 0 Å². The Hall–Kier alpha value is -2.85. The molecular formula is C21H19ClN2O2. The lowest BCUT2D eigenvalue weighted by Gasteiger charge is -2.07. The molecule has 0 N–H and O–H groups in total. The lowest BCUT2D eigenvalue weighted by molar-refractivity contribution is -0.134. The van der Waals surface area contributed by atoms with E-state index in [0.29, 0.717) is 5.02 Å². The van der Waals surface area contributed by atoms with Gasteiger partial charge in [0.1, 0.15) is 0 Å². The van der Waals surface area contributed by atoms with E-state index in [2.05, 4.69) is 21.2 Å². The number of esters is 1. The van der Waals surface area contributed by atoms with Gasteiger partial charge in [0, 0.05) is 28.9 Å². The summed E-state index contributed by atoms with van der Waals surface area (Å²) in [6.45, 7) is 2.79. The highest BCUT2D eigenvalue weighted by atomic mass is 35.5. The number of benzene rings is 2. The van der Waals surface area contributed by atoms with Crippen LogP contribution in [-0.4, -0.2) is 22.6 Å². The zero-order valence-corrected chi connectivity index (χ0v) is 15.4. The number of nitrogens with zero attached hydrogens (tertiary/aromatic N) is 2. The molecule has 2 aromatic carbocycles. The van der Waals surface area contributed by atoms with Crippen LogP contribution in [-0.2, 0) is 16.1 Å². The van der Waals surface area contributed by atoms with Gasteiger partial charge in [-0.15, -0.1) is 0 Å². The van der Waals surface area contributed by atoms with Crippen molar-refractivity contribution in [2.45, 2.75) is 13.5 Å². The molecule has 0 saturated carbocycles. The zero-order chi connectivity index (χ0) is 18.5. The molecule has 3 rings (SSSR count). The number of hydrogen-bond donors (Lipinski definition) is 0. The van der Waals surface area contributed by atoms with Gasteiger partial charge in [-0.25, -0.2) is 9.78 Å². The largest absolute Gasteiger partial charge is 0.466 e. The van der Waals surface area contributed by atoms with Crippen LogP contribution >= 0.6 is 11.6 Å². The van der Waals surface area contributed by atoms with Crippen LogP contribution in [0.5, 0.6) is 0 Å². The number of carbonyl (C=O) groups is 1. The highest BCUT2D eigenvalue weighted by Crippen LogP contribution is 2.24. The second-order valence-electron chi connectivity index (χ2n) is 5.91. The molecule has 5 heteroatoms. The van der Waals surface area contributed by atoms with Gasteiger partial charge < -0.3 is 9.30 Å². The first kappa shape index (κ1) is 18.0. The van der Waals surface area contributed by atoms with E-state index in [1.54, 1.807) is 6.08 Å². The molecule has 4 nitrogen and oxygen atoms in total. The monoisotopic (exact) mass is 366 g/mol. The summed E-state index contributed by atoms with van der Waals surface area (Å²) in [6.07, 6.45) is 4.99. The fraction of sp³-hybridized carbons (Fsp3) is 0.143. The average Bonchev–Trinajstić information content (AvgIpc) is 3.02. The molecule has 1 aromatic heterocycles. The number of aromatic nitrogens is 2. The van der Waals surface area contributed by atoms with Crippen molar-refractivity contribution in [3.63, 3.8) is 0 Å². The van der Waals surface area contributed by atoms with Crippen molar-refractivity contribution in [2.24, 2.45) is 0 Å². The lowest BCUT2D eigenvalue weighted by Crippen LogP contribution is -2.00. The van der Waals surface area contributed by atoms with E-state index >= 15 is 0 Å². The van der Waals surface area contributed by atoms with E-state index in [4.69, 9.17) is 11.6 Å². The Labute approximate surface area is 157 Å². The minimum absolute atomic E-state index is 0.363. The van der Waals surface area contributed by atoms with Crippen LogP contribution in [0.2, 0.25) is 5.02 Å². The van der Waals surface area contributed by atoms with Gasteiger partial charge in [0.2, 0.25) is 0 Å². The van der Waals surface area contributed by atoms with E-state index in [1.165, 1.54) is 13.2 Å². The summed E-state index contributed by atoms with van der Waals surface area (Å²) in [7, 11) is 1.36. The standard InChI is InChI=1S/C21H19ClN2O2/c1-15-21(18-8-10-19(22)11-9-18)23-14-24(15)13-17-5-3-16(4-6-17)7-12-20(25)26-2/h3-12,14H,13H2,1-2H3/b12-7+. The highest BCUT2D eigenvalue weighted by molar-refractivity contribution is 6.30. The van der Waals surface area contributed by atoms with E-state index < -0.39 is 0 Å². The third-order valence-electron chi connectivity index (χ3n) is 4.16. The van der Waals surface area contributed by atoms with Crippen LogP contribution in [0.25, 0.3) is 17.3 Å². The quantitative estimate of drug-likeness (QED) is 0.483. The van der Waals surface area contributed by atoms with E-state index in [9.17, 15) is 4.79 Å². The maximum Gasteiger partial charge on any atom is 0.330 e. The van der Waals surface area contributed by atoms with Crippen molar-refractivity contribution < 1.29 is 9.53 Å². The number of methoxy groups -OCH3 is 1. The van der Waals surface area contributed by atoms with Crippen molar-refractivity contribution in [1.29, 1.82) is 0 Å². The molecule has 3 aromatic rings.